The second kappa shape index (κ2) is 9.87. The fourth-order valence-electron chi connectivity index (χ4n) is 3.91. The van der Waals surface area contributed by atoms with Crippen molar-refractivity contribution in [2.45, 2.75) is 12.3 Å². The summed E-state index contributed by atoms with van der Waals surface area (Å²) in [6.07, 6.45) is -0.808. The van der Waals surface area contributed by atoms with E-state index in [9.17, 15) is 14.4 Å². The van der Waals surface area contributed by atoms with Crippen molar-refractivity contribution in [3.8, 4) is 11.1 Å². The maximum atomic E-state index is 12.5. The summed E-state index contributed by atoms with van der Waals surface area (Å²) in [5.41, 5.74) is 5.20. The molecule has 0 saturated carbocycles. The molecule has 0 saturated heterocycles. The number of carboxylic acid groups (broad SMARTS) is 1. The van der Waals surface area contributed by atoms with Crippen molar-refractivity contribution < 1.29 is 24.2 Å². The van der Waals surface area contributed by atoms with Crippen LogP contribution < -0.4 is 10.6 Å². The van der Waals surface area contributed by atoms with Crippen LogP contribution in [0.15, 0.2) is 71.2 Å². The number of fused-ring (bicyclic) bond motifs is 3. The number of carbonyl (C=O) groups is 3. The molecule has 168 valence electrons. The molecular weight excluding hydrogens is 488 g/mol. The smallest absolute Gasteiger partial charge is 0.411 e. The molecule has 0 bridgehead atoms. The number of aliphatic carboxylic acids is 1. The minimum absolute atomic E-state index is 0.00460. The van der Waals surface area contributed by atoms with E-state index in [1.807, 2.05) is 36.4 Å². The van der Waals surface area contributed by atoms with Gasteiger partial charge in [0.05, 0.1) is 12.0 Å². The number of hydrogen-bond acceptors (Lipinski definition) is 4. The van der Waals surface area contributed by atoms with Gasteiger partial charge in [0, 0.05) is 22.6 Å². The minimum atomic E-state index is -1.000. The molecule has 33 heavy (non-hydrogen) atoms. The highest BCUT2D eigenvalue weighted by Crippen LogP contribution is 2.44. The second-order valence-corrected chi connectivity index (χ2v) is 8.40. The lowest BCUT2D eigenvalue weighted by molar-refractivity contribution is -0.136. The number of hydrogen-bond donors (Lipinski definition) is 3. The summed E-state index contributed by atoms with van der Waals surface area (Å²) in [4.78, 5) is 35.5. The summed E-state index contributed by atoms with van der Waals surface area (Å²) >= 11 is 3.30. The Hall–Kier alpha value is -3.65. The Bertz CT molecular complexity index is 1180. The number of halogens is 1. The molecule has 0 aliphatic heterocycles. The van der Waals surface area contributed by atoms with Crippen LogP contribution in [0.2, 0.25) is 0 Å². The third-order valence-corrected chi connectivity index (χ3v) is 6.12. The van der Waals surface area contributed by atoms with Crippen LogP contribution in [-0.2, 0) is 9.53 Å². The van der Waals surface area contributed by atoms with Crippen molar-refractivity contribution in [1.82, 2.24) is 5.32 Å². The lowest BCUT2D eigenvalue weighted by Crippen LogP contribution is -2.26. The van der Waals surface area contributed by atoms with Gasteiger partial charge in [-0.1, -0.05) is 48.5 Å². The molecule has 0 spiro atoms. The Morgan fingerprint density at radius 2 is 1.58 bits per heavy atom. The zero-order chi connectivity index (χ0) is 23.4. The van der Waals surface area contributed by atoms with Crippen LogP contribution in [-0.4, -0.2) is 36.2 Å². The van der Waals surface area contributed by atoms with E-state index in [0.717, 1.165) is 22.3 Å². The van der Waals surface area contributed by atoms with Gasteiger partial charge in [0.15, 0.2) is 0 Å². The number of carbonyl (C=O) groups excluding carboxylic acids is 2. The Balaban J connectivity index is 1.41. The molecule has 7 nitrogen and oxygen atoms in total. The lowest BCUT2D eigenvalue weighted by Gasteiger charge is -2.15. The van der Waals surface area contributed by atoms with E-state index in [2.05, 4.69) is 38.7 Å². The lowest BCUT2D eigenvalue weighted by atomic mass is 9.98. The van der Waals surface area contributed by atoms with Gasteiger partial charge >= 0.3 is 12.1 Å². The van der Waals surface area contributed by atoms with Crippen LogP contribution in [0, 0.1) is 0 Å². The first kappa shape index (κ1) is 22.5. The fraction of sp³-hybridized carbons (Fsp3) is 0.160. The molecule has 3 aromatic rings. The van der Waals surface area contributed by atoms with Crippen molar-refractivity contribution in [3.63, 3.8) is 0 Å². The van der Waals surface area contributed by atoms with Gasteiger partial charge in [0.2, 0.25) is 0 Å². The van der Waals surface area contributed by atoms with Gasteiger partial charge in [0.1, 0.15) is 6.61 Å². The highest BCUT2D eigenvalue weighted by molar-refractivity contribution is 9.10. The van der Waals surface area contributed by atoms with E-state index in [1.165, 1.54) is 6.07 Å². The molecular formula is C25H21BrN2O5. The van der Waals surface area contributed by atoms with Crippen LogP contribution in [0.4, 0.5) is 10.5 Å². The molecule has 1 aliphatic rings. The standard InChI is InChI=1S/C25H21BrN2O5/c26-22-10-9-15(13-20(22)24(31)27-12-11-23(29)30)28-25(32)33-14-21-18-7-3-1-5-16(18)17-6-2-4-8-19(17)21/h1-10,13,21H,11-12,14H2,(H,27,31)(H,28,32)(H,29,30). The predicted molar refractivity (Wildman–Crippen MR) is 127 cm³/mol. The van der Waals surface area contributed by atoms with Crippen LogP contribution in [0.5, 0.6) is 0 Å². The molecule has 1 aliphatic carbocycles. The first-order valence-electron chi connectivity index (χ1n) is 10.4. The predicted octanol–water partition coefficient (Wildman–Crippen LogP) is 5.01. The zero-order valence-corrected chi connectivity index (χ0v) is 19.1. The number of amides is 2. The van der Waals surface area contributed by atoms with Gasteiger partial charge in [0.25, 0.3) is 5.91 Å². The number of anilines is 1. The molecule has 2 amide bonds. The first-order chi connectivity index (χ1) is 15.9. The molecule has 0 atom stereocenters. The van der Waals surface area contributed by atoms with Gasteiger partial charge < -0.3 is 15.2 Å². The van der Waals surface area contributed by atoms with Crippen LogP contribution in [0.1, 0.15) is 33.8 Å². The summed E-state index contributed by atoms with van der Waals surface area (Å²) in [5, 5.41) is 13.9. The van der Waals surface area contributed by atoms with Crippen molar-refractivity contribution in [2.24, 2.45) is 0 Å². The number of benzene rings is 3. The number of ether oxygens (including phenoxy) is 1. The van der Waals surface area contributed by atoms with E-state index < -0.39 is 18.0 Å². The maximum Gasteiger partial charge on any atom is 0.411 e. The third kappa shape index (κ3) is 5.06. The second-order valence-electron chi connectivity index (χ2n) is 7.54. The average molecular weight is 509 g/mol. The topological polar surface area (TPSA) is 105 Å². The highest BCUT2D eigenvalue weighted by Gasteiger charge is 2.29. The van der Waals surface area contributed by atoms with Gasteiger partial charge in [-0.05, 0) is 56.4 Å². The quantitative estimate of drug-likeness (QED) is 0.415. The summed E-state index contributed by atoms with van der Waals surface area (Å²) in [6.45, 7) is 0.184. The monoisotopic (exact) mass is 508 g/mol. The molecule has 0 heterocycles. The Kier molecular flexibility index (Phi) is 6.74. The summed E-state index contributed by atoms with van der Waals surface area (Å²) in [7, 11) is 0. The normalized spacial score (nSPS) is 11.9. The molecule has 3 N–H and O–H groups in total. The van der Waals surface area contributed by atoms with E-state index in [4.69, 9.17) is 9.84 Å². The van der Waals surface area contributed by atoms with E-state index >= 15 is 0 Å². The van der Waals surface area contributed by atoms with Crippen LogP contribution >= 0.6 is 15.9 Å². The third-order valence-electron chi connectivity index (χ3n) is 5.43. The maximum absolute atomic E-state index is 12.5. The molecule has 3 aromatic carbocycles. The van der Waals surface area contributed by atoms with Gasteiger partial charge in [-0.2, -0.15) is 0 Å². The molecule has 0 fully saturated rings. The number of nitrogens with one attached hydrogen (secondary N) is 2. The molecule has 0 aromatic heterocycles. The number of carboxylic acids is 1. The van der Waals surface area contributed by atoms with E-state index in [1.54, 1.807) is 12.1 Å². The Morgan fingerprint density at radius 1 is 0.939 bits per heavy atom. The van der Waals surface area contributed by atoms with Crippen molar-refractivity contribution in [1.29, 1.82) is 0 Å². The number of rotatable bonds is 7. The first-order valence-corrected chi connectivity index (χ1v) is 11.1. The van der Waals surface area contributed by atoms with Crippen LogP contribution in [0.3, 0.4) is 0 Å². The Morgan fingerprint density at radius 3 is 2.21 bits per heavy atom. The molecule has 8 heteroatoms. The van der Waals surface area contributed by atoms with Crippen molar-refractivity contribution in [2.75, 3.05) is 18.5 Å². The van der Waals surface area contributed by atoms with Crippen LogP contribution in [0.25, 0.3) is 11.1 Å². The Labute approximate surface area is 198 Å². The fourth-order valence-corrected chi connectivity index (χ4v) is 4.33. The van der Waals surface area contributed by atoms with Gasteiger partial charge in [-0.25, -0.2) is 4.79 Å². The SMILES string of the molecule is O=C(O)CCNC(=O)c1cc(NC(=O)OCC2c3ccccc3-c3ccccc32)ccc1Br. The molecule has 4 rings (SSSR count). The average Bonchev–Trinajstić information content (AvgIpc) is 3.12. The van der Waals surface area contributed by atoms with Gasteiger partial charge in [-0.15, -0.1) is 0 Å². The summed E-state index contributed by atoms with van der Waals surface area (Å²) < 4.78 is 6.06. The zero-order valence-electron chi connectivity index (χ0n) is 17.5. The summed E-state index contributed by atoms with van der Waals surface area (Å²) in [5.74, 6) is -1.50. The van der Waals surface area contributed by atoms with Crippen molar-refractivity contribution >= 4 is 39.6 Å². The van der Waals surface area contributed by atoms with Gasteiger partial charge in [-0.3, -0.25) is 14.9 Å². The molecule has 0 unspecified atom stereocenters. The molecule has 0 radical (unpaired) electrons. The minimum Gasteiger partial charge on any atom is -0.481 e. The highest BCUT2D eigenvalue weighted by atomic mass is 79.9. The summed E-state index contributed by atoms with van der Waals surface area (Å²) in [6, 6.07) is 20.9. The van der Waals surface area contributed by atoms with E-state index in [-0.39, 0.29) is 31.1 Å². The van der Waals surface area contributed by atoms with Crippen molar-refractivity contribution in [3.05, 3.63) is 87.9 Å². The largest absolute Gasteiger partial charge is 0.481 e. The van der Waals surface area contributed by atoms with E-state index in [0.29, 0.717) is 10.2 Å².